The topological polar surface area (TPSA) is 41.5 Å². The van der Waals surface area contributed by atoms with Crippen LogP contribution in [-0.2, 0) is 12.8 Å². The largest absolute Gasteiger partial charge is 0.493 e. The van der Waals surface area contributed by atoms with Crippen molar-refractivity contribution >= 4 is 0 Å². The van der Waals surface area contributed by atoms with Crippen LogP contribution < -0.4 is 10.1 Å². The quantitative estimate of drug-likeness (QED) is 0.875. The summed E-state index contributed by atoms with van der Waals surface area (Å²) >= 11 is 0. The molecule has 2 aliphatic rings. The number of fused-ring (bicyclic) bond motifs is 1. The van der Waals surface area contributed by atoms with Gasteiger partial charge in [-0.15, -0.1) is 0 Å². The van der Waals surface area contributed by atoms with Crippen LogP contribution in [0.1, 0.15) is 43.7 Å². The van der Waals surface area contributed by atoms with E-state index >= 15 is 0 Å². The van der Waals surface area contributed by atoms with E-state index in [1.54, 1.807) is 0 Å². The number of benzene rings is 1. The van der Waals surface area contributed by atoms with E-state index in [-0.39, 0.29) is 12.1 Å². The second kappa shape index (κ2) is 6.37. The molecule has 0 unspecified atom stereocenters. The molecule has 1 aliphatic carbocycles. The summed E-state index contributed by atoms with van der Waals surface area (Å²) in [6, 6.07) is 6.54. The Morgan fingerprint density at radius 3 is 2.90 bits per heavy atom. The SMILES string of the molecule is CC1CCC(CO)(NCCc2ccc3c(c2)CCO3)CC1. The third-order valence-corrected chi connectivity index (χ3v) is 5.20. The van der Waals surface area contributed by atoms with Crippen LogP contribution >= 0.6 is 0 Å². The Morgan fingerprint density at radius 2 is 2.14 bits per heavy atom. The van der Waals surface area contributed by atoms with Gasteiger partial charge in [-0.05, 0) is 61.8 Å². The summed E-state index contributed by atoms with van der Waals surface area (Å²) in [7, 11) is 0. The van der Waals surface area contributed by atoms with E-state index in [4.69, 9.17) is 4.74 Å². The molecule has 1 saturated carbocycles. The zero-order valence-electron chi connectivity index (χ0n) is 13.0. The summed E-state index contributed by atoms with van der Waals surface area (Å²) < 4.78 is 5.55. The molecule has 0 radical (unpaired) electrons. The van der Waals surface area contributed by atoms with Crippen molar-refractivity contribution in [1.82, 2.24) is 5.32 Å². The smallest absolute Gasteiger partial charge is 0.122 e. The van der Waals surface area contributed by atoms with Gasteiger partial charge in [0.2, 0.25) is 0 Å². The van der Waals surface area contributed by atoms with Gasteiger partial charge in [-0.1, -0.05) is 19.1 Å². The molecule has 0 spiro atoms. The van der Waals surface area contributed by atoms with Crippen LogP contribution in [-0.4, -0.2) is 30.4 Å². The molecule has 3 rings (SSSR count). The molecular formula is C18H27NO2. The first-order valence-corrected chi connectivity index (χ1v) is 8.31. The molecule has 0 bridgehead atoms. The minimum absolute atomic E-state index is 0.0354. The molecule has 3 nitrogen and oxygen atoms in total. The fourth-order valence-electron chi connectivity index (χ4n) is 3.57. The van der Waals surface area contributed by atoms with Gasteiger partial charge in [0, 0.05) is 12.0 Å². The molecule has 21 heavy (non-hydrogen) atoms. The van der Waals surface area contributed by atoms with Gasteiger partial charge in [-0.25, -0.2) is 0 Å². The predicted octanol–water partition coefficient (Wildman–Crippen LogP) is 2.69. The Bertz CT molecular complexity index is 478. The van der Waals surface area contributed by atoms with Crippen molar-refractivity contribution < 1.29 is 9.84 Å². The molecule has 1 aromatic rings. The van der Waals surface area contributed by atoms with E-state index in [1.165, 1.54) is 24.0 Å². The van der Waals surface area contributed by atoms with Crippen molar-refractivity contribution in [1.29, 1.82) is 0 Å². The summed E-state index contributed by atoms with van der Waals surface area (Å²) in [5, 5.41) is 13.4. The number of nitrogens with one attached hydrogen (secondary N) is 1. The summed E-state index contributed by atoms with van der Waals surface area (Å²) in [5.74, 6) is 1.86. The molecule has 1 fully saturated rings. The lowest BCUT2D eigenvalue weighted by molar-refractivity contribution is 0.106. The first-order valence-electron chi connectivity index (χ1n) is 8.31. The average Bonchev–Trinajstić information content (AvgIpc) is 2.97. The van der Waals surface area contributed by atoms with Gasteiger partial charge in [-0.3, -0.25) is 0 Å². The highest BCUT2D eigenvalue weighted by molar-refractivity contribution is 5.39. The minimum atomic E-state index is -0.0354. The Labute approximate surface area is 127 Å². The van der Waals surface area contributed by atoms with Crippen LogP contribution in [0.2, 0.25) is 0 Å². The minimum Gasteiger partial charge on any atom is -0.493 e. The Balaban J connectivity index is 1.53. The fraction of sp³-hybridized carbons (Fsp3) is 0.667. The monoisotopic (exact) mass is 289 g/mol. The van der Waals surface area contributed by atoms with E-state index in [9.17, 15) is 5.11 Å². The molecular weight excluding hydrogens is 262 g/mol. The highest BCUT2D eigenvalue weighted by atomic mass is 16.5. The summed E-state index contributed by atoms with van der Waals surface area (Å²) in [6.07, 6.45) is 6.71. The van der Waals surface area contributed by atoms with Crippen molar-refractivity contribution in [3.8, 4) is 5.75 Å². The van der Waals surface area contributed by atoms with Crippen molar-refractivity contribution in [3.05, 3.63) is 29.3 Å². The van der Waals surface area contributed by atoms with E-state index in [0.29, 0.717) is 0 Å². The molecule has 0 aromatic heterocycles. The summed E-state index contributed by atoms with van der Waals surface area (Å²) in [4.78, 5) is 0. The predicted molar refractivity (Wildman–Crippen MR) is 84.8 cm³/mol. The van der Waals surface area contributed by atoms with Crippen LogP contribution in [0.4, 0.5) is 0 Å². The van der Waals surface area contributed by atoms with Crippen LogP contribution in [0.15, 0.2) is 18.2 Å². The first-order chi connectivity index (χ1) is 10.2. The van der Waals surface area contributed by atoms with Gasteiger partial charge >= 0.3 is 0 Å². The van der Waals surface area contributed by atoms with Gasteiger partial charge in [-0.2, -0.15) is 0 Å². The molecule has 0 saturated heterocycles. The number of hydrogen-bond donors (Lipinski definition) is 2. The Hall–Kier alpha value is -1.06. The lowest BCUT2D eigenvalue weighted by Gasteiger charge is -2.39. The van der Waals surface area contributed by atoms with Crippen molar-refractivity contribution in [2.45, 2.75) is 51.0 Å². The lowest BCUT2D eigenvalue weighted by atomic mass is 9.77. The van der Waals surface area contributed by atoms with Crippen molar-refractivity contribution in [2.75, 3.05) is 19.8 Å². The van der Waals surface area contributed by atoms with Crippen molar-refractivity contribution in [3.63, 3.8) is 0 Å². The van der Waals surface area contributed by atoms with Crippen LogP contribution in [0.5, 0.6) is 5.75 Å². The maximum absolute atomic E-state index is 9.77. The highest BCUT2D eigenvalue weighted by Gasteiger charge is 2.32. The fourth-order valence-corrected chi connectivity index (χ4v) is 3.57. The van der Waals surface area contributed by atoms with Gasteiger partial charge in [0.25, 0.3) is 0 Å². The summed E-state index contributed by atoms with van der Waals surface area (Å²) in [6.45, 7) is 4.34. The van der Waals surface area contributed by atoms with Gasteiger partial charge in [0.15, 0.2) is 0 Å². The average molecular weight is 289 g/mol. The third-order valence-electron chi connectivity index (χ3n) is 5.20. The molecule has 0 atom stereocenters. The van der Waals surface area contributed by atoms with E-state index < -0.39 is 0 Å². The molecule has 2 N–H and O–H groups in total. The Kier molecular flexibility index (Phi) is 4.51. The second-order valence-corrected chi connectivity index (χ2v) is 6.84. The van der Waals surface area contributed by atoms with Gasteiger partial charge in [0.05, 0.1) is 13.2 Å². The van der Waals surface area contributed by atoms with Crippen LogP contribution in [0, 0.1) is 5.92 Å². The van der Waals surface area contributed by atoms with Gasteiger partial charge in [0.1, 0.15) is 5.75 Å². The zero-order chi connectivity index (χ0) is 14.7. The summed E-state index contributed by atoms with van der Waals surface area (Å²) in [5.41, 5.74) is 2.67. The first kappa shape index (κ1) is 14.9. The maximum atomic E-state index is 9.77. The normalized spacial score (nSPS) is 28.2. The number of ether oxygens (including phenoxy) is 1. The lowest BCUT2D eigenvalue weighted by Crippen LogP contribution is -2.51. The molecule has 1 aromatic carbocycles. The highest BCUT2D eigenvalue weighted by Crippen LogP contribution is 2.31. The standard InChI is InChI=1S/C18H27NO2/c1-14-4-8-18(13-20,9-5-14)19-10-6-15-2-3-17-16(12-15)7-11-21-17/h2-3,12,14,19-20H,4-11,13H2,1H3. The Morgan fingerprint density at radius 1 is 1.33 bits per heavy atom. The van der Waals surface area contributed by atoms with Crippen molar-refractivity contribution in [2.24, 2.45) is 5.92 Å². The molecule has 1 heterocycles. The van der Waals surface area contributed by atoms with E-state index in [2.05, 4.69) is 30.4 Å². The number of rotatable bonds is 5. The van der Waals surface area contributed by atoms with E-state index in [0.717, 1.165) is 50.5 Å². The maximum Gasteiger partial charge on any atom is 0.122 e. The molecule has 1 aliphatic heterocycles. The van der Waals surface area contributed by atoms with Gasteiger partial charge < -0.3 is 15.2 Å². The second-order valence-electron chi connectivity index (χ2n) is 6.84. The van der Waals surface area contributed by atoms with Crippen LogP contribution in [0.25, 0.3) is 0 Å². The number of aliphatic hydroxyl groups excluding tert-OH is 1. The molecule has 0 amide bonds. The molecule has 3 heteroatoms. The van der Waals surface area contributed by atoms with Crippen LogP contribution in [0.3, 0.4) is 0 Å². The number of aliphatic hydroxyl groups is 1. The third kappa shape index (κ3) is 3.41. The zero-order valence-corrected chi connectivity index (χ0v) is 13.0. The van der Waals surface area contributed by atoms with E-state index in [1.807, 2.05) is 0 Å². The molecule has 116 valence electrons. The number of hydrogen-bond acceptors (Lipinski definition) is 3.